The molecule has 3 saturated carbocycles. The minimum atomic E-state index is -1.10. The highest BCUT2D eigenvalue weighted by Gasteiger charge is 2.51. The van der Waals surface area contributed by atoms with Crippen LogP contribution in [0.4, 0.5) is 0 Å². The molecule has 0 aromatic heterocycles. The molecule has 3 aliphatic carbocycles. The van der Waals surface area contributed by atoms with Crippen molar-refractivity contribution >= 4 is 0 Å². The number of hydrogen-bond donors (Lipinski definition) is 5. The maximum atomic E-state index is 10.6. The third kappa shape index (κ3) is 7.79. The first kappa shape index (κ1) is 30.6. The van der Waals surface area contributed by atoms with Crippen molar-refractivity contribution in [3.05, 3.63) is 35.5 Å². The van der Waals surface area contributed by atoms with Crippen molar-refractivity contribution < 1.29 is 25.5 Å². The lowest BCUT2D eigenvalue weighted by Gasteiger charge is -2.45. The fourth-order valence-corrected chi connectivity index (χ4v) is 7.59. The molecule has 0 aromatic carbocycles. The van der Waals surface area contributed by atoms with Crippen molar-refractivity contribution in [3.63, 3.8) is 0 Å². The third-order valence-corrected chi connectivity index (χ3v) is 9.86. The Hall–Kier alpha value is -0.980. The normalized spacial score (nSPS) is 35.1. The molecule has 5 nitrogen and oxygen atoms in total. The second-order valence-corrected chi connectivity index (χ2v) is 13.9. The van der Waals surface area contributed by atoms with E-state index in [1.54, 1.807) is 13.8 Å². The van der Waals surface area contributed by atoms with E-state index in [-0.39, 0.29) is 5.41 Å². The van der Waals surface area contributed by atoms with Crippen molar-refractivity contribution in [1.82, 2.24) is 0 Å². The van der Waals surface area contributed by atoms with Gasteiger partial charge in [0.25, 0.3) is 0 Å². The van der Waals surface area contributed by atoms with Gasteiger partial charge < -0.3 is 25.5 Å². The first-order valence-corrected chi connectivity index (χ1v) is 14.7. The summed E-state index contributed by atoms with van der Waals surface area (Å²) >= 11 is 0. The first-order chi connectivity index (χ1) is 17.1. The van der Waals surface area contributed by atoms with Crippen LogP contribution < -0.4 is 0 Å². The lowest BCUT2D eigenvalue weighted by Crippen LogP contribution is -2.39. The number of fused-ring (bicyclic) bond motifs is 1. The average molecular weight is 519 g/mol. The third-order valence-electron chi connectivity index (χ3n) is 9.86. The maximum Gasteiger partial charge on any atom is 0.0849 e. The Morgan fingerprint density at radius 3 is 2.41 bits per heavy atom. The molecule has 212 valence electrons. The van der Waals surface area contributed by atoms with Crippen molar-refractivity contribution in [2.24, 2.45) is 23.2 Å². The summed E-state index contributed by atoms with van der Waals surface area (Å²) in [6.45, 7) is 13.7. The molecular weight excluding hydrogens is 464 g/mol. The van der Waals surface area contributed by atoms with Crippen LogP contribution in [0.25, 0.3) is 0 Å². The highest BCUT2D eigenvalue weighted by Crippen LogP contribution is 2.60. The van der Waals surface area contributed by atoms with Crippen molar-refractivity contribution in [2.45, 2.75) is 141 Å². The number of aliphatic hydroxyl groups excluding tert-OH is 3. The van der Waals surface area contributed by atoms with Crippen molar-refractivity contribution in [3.8, 4) is 0 Å². The quantitative estimate of drug-likeness (QED) is 0.259. The van der Waals surface area contributed by atoms with Crippen LogP contribution in [0.15, 0.2) is 35.5 Å². The molecule has 0 radical (unpaired) electrons. The highest BCUT2D eigenvalue weighted by molar-refractivity contribution is 5.38. The van der Waals surface area contributed by atoms with Crippen LogP contribution in [0.1, 0.15) is 112 Å². The topological polar surface area (TPSA) is 101 Å². The van der Waals surface area contributed by atoms with Gasteiger partial charge in [0.05, 0.1) is 29.5 Å². The molecule has 0 amide bonds. The van der Waals surface area contributed by atoms with Gasteiger partial charge >= 0.3 is 0 Å². The molecule has 0 spiro atoms. The monoisotopic (exact) mass is 518 g/mol. The lowest BCUT2D eigenvalue weighted by molar-refractivity contribution is -0.0563. The molecule has 0 aliphatic heterocycles. The van der Waals surface area contributed by atoms with Crippen LogP contribution >= 0.6 is 0 Å². The zero-order chi connectivity index (χ0) is 27.6. The smallest absolute Gasteiger partial charge is 0.0849 e. The molecule has 37 heavy (non-hydrogen) atoms. The molecule has 5 heteroatoms. The maximum absolute atomic E-state index is 10.6. The van der Waals surface area contributed by atoms with Gasteiger partial charge in [-0.2, -0.15) is 0 Å². The fourth-order valence-electron chi connectivity index (χ4n) is 7.59. The van der Waals surface area contributed by atoms with Crippen LogP contribution in [0.5, 0.6) is 0 Å². The van der Waals surface area contributed by atoms with Crippen LogP contribution in [0.3, 0.4) is 0 Å². The Morgan fingerprint density at radius 2 is 1.76 bits per heavy atom. The minimum Gasteiger partial charge on any atom is -0.393 e. The molecule has 0 bridgehead atoms. The van der Waals surface area contributed by atoms with Crippen LogP contribution in [0.2, 0.25) is 0 Å². The van der Waals surface area contributed by atoms with E-state index < -0.39 is 29.5 Å². The molecule has 3 fully saturated rings. The number of hydrogen-bond acceptors (Lipinski definition) is 5. The molecule has 0 aromatic rings. The molecule has 0 saturated heterocycles. The highest BCUT2D eigenvalue weighted by atomic mass is 16.3. The van der Waals surface area contributed by atoms with Gasteiger partial charge in [-0.05, 0) is 120 Å². The fraction of sp³-hybridized carbons (Fsp3) is 0.812. The lowest BCUT2D eigenvalue weighted by atomic mass is 9.60. The van der Waals surface area contributed by atoms with E-state index in [4.69, 9.17) is 0 Å². The van der Waals surface area contributed by atoms with E-state index >= 15 is 0 Å². The standard InChI is InChI=1S/C32H54O5/c1-21-24(19-25(33)20-28(21)34)12-11-22-10-8-18-32(6)26(22)14-15-27(32)23(9-7-17-30(2,3)36)13-16-29(35)31(4,5)37/h11-12,23,25-29,33-37H,1,7-10,13-20H2,2-6H3/t23-,25-,26?,27-,28?,29-,32+/m1/s1. The van der Waals surface area contributed by atoms with Crippen molar-refractivity contribution in [1.29, 1.82) is 0 Å². The Kier molecular flexibility index (Phi) is 9.94. The Labute approximate surface area is 225 Å². The number of rotatable bonds is 10. The summed E-state index contributed by atoms with van der Waals surface area (Å²) in [5, 5.41) is 51.5. The second-order valence-electron chi connectivity index (χ2n) is 13.9. The minimum absolute atomic E-state index is 0.199. The Bertz CT molecular complexity index is 844. The predicted molar refractivity (Wildman–Crippen MR) is 150 cm³/mol. The number of aliphatic hydroxyl groups is 5. The molecule has 7 atom stereocenters. The number of allylic oxidation sites excluding steroid dienone is 3. The van der Waals surface area contributed by atoms with Gasteiger partial charge in [0.15, 0.2) is 0 Å². The molecule has 5 N–H and O–H groups in total. The van der Waals surface area contributed by atoms with Gasteiger partial charge in [0, 0.05) is 6.42 Å². The molecule has 3 rings (SSSR count). The summed E-state index contributed by atoms with van der Waals surface area (Å²) in [6, 6.07) is 0. The largest absolute Gasteiger partial charge is 0.393 e. The molecule has 3 aliphatic rings. The van der Waals surface area contributed by atoms with Gasteiger partial charge in [-0.15, -0.1) is 0 Å². The SMILES string of the molecule is C=C1C(=CC=C2CCC[C@@]3(C)C2CC[C@@H]3[C@H](CCCC(C)(C)O)CC[C@@H](O)C(C)(C)O)C[C@@H](O)CC1O. The Morgan fingerprint density at radius 1 is 1.05 bits per heavy atom. The predicted octanol–water partition coefficient (Wildman–Crippen LogP) is 5.60. The van der Waals surface area contributed by atoms with Gasteiger partial charge in [-0.1, -0.05) is 44.1 Å². The van der Waals surface area contributed by atoms with Gasteiger partial charge in [-0.25, -0.2) is 0 Å². The van der Waals surface area contributed by atoms with Crippen molar-refractivity contribution in [2.75, 3.05) is 0 Å². The summed E-state index contributed by atoms with van der Waals surface area (Å²) in [4.78, 5) is 0. The van der Waals surface area contributed by atoms with Crippen LogP contribution in [-0.2, 0) is 0 Å². The van der Waals surface area contributed by atoms with E-state index in [9.17, 15) is 25.5 Å². The molecule has 2 unspecified atom stereocenters. The summed E-state index contributed by atoms with van der Waals surface area (Å²) in [5.41, 5.74) is 1.62. The average Bonchev–Trinajstić information content (AvgIpc) is 3.13. The zero-order valence-electron chi connectivity index (χ0n) is 24.0. The second kappa shape index (κ2) is 12.0. The van der Waals surface area contributed by atoms with Crippen LogP contribution in [0, 0.1) is 23.2 Å². The molecule has 0 heterocycles. The van der Waals surface area contributed by atoms with Crippen LogP contribution in [-0.4, -0.2) is 55.0 Å². The van der Waals surface area contributed by atoms with E-state index in [2.05, 4.69) is 25.7 Å². The zero-order valence-corrected chi connectivity index (χ0v) is 24.0. The Balaban J connectivity index is 1.79. The van der Waals surface area contributed by atoms with E-state index in [0.29, 0.717) is 37.0 Å². The van der Waals surface area contributed by atoms with Gasteiger partial charge in [0.2, 0.25) is 0 Å². The summed E-state index contributed by atoms with van der Waals surface area (Å²) in [5.74, 6) is 1.53. The van der Waals surface area contributed by atoms with E-state index in [1.165, 1.54) is 24.8 Å². The van der Waals surface area contributed by atoms with Gasteiger partial charge in [-0.3, -0.25) is 0 Å². The molecular formula is C32H54O5. The summed E-state index contributed by atoms with van der Waals surface area (Å²) in [6.07, 6.45) is 13.4. The summed E-state index contributed by atoms with van der Waals surface area (Å²) < 4.78 is 0. The first-order valence-electron chi connectivity index (χ1n) is 14.7. The summed E-state index contributed by atoms with van der Waals surface area (Å²) in [7, 11) is 0. The van der Waals surface area contributed by atoms with E-state index in [1.807, 2.05) is 13.8 Å². The van der Waals surface area contributed by atoms with E-state index in [0.717, 1.165) is 49.7 Å². The van der Waals surface area contributed by atoms with Gasteiger partial charge in [0.1, 0.15) is 0 Å².